The number of nitrogens with two attached hydrogens (primary N) is 1. The molecule has 0 aromatic heterocycles. The summed E-state index contributed by atoms with van der Waals surface area (Å²) in [6, 6.07) is 17.0. The molecule has 0 spiro atoms. The second kappa shape index (κ2) is 7.26. The number of para-hydroxylation sites is 1. The first-order chi connectivity index (χ1) is 10.2. The predicted octanol–water partition coefficient (Wildman–Crippen LogP) is 4.18. The van der Waals surface area contributed by atoms with Crippen molar-refractivity contribution in [3.8, 4) is 11.8 Å². The number of rotatable bonds is 5. The van der Waals surface area contributed by atoms with Gasteiger partial charge in [0.2, 0.25) is 0 Å². The summed E-state index contributed by atoms with van der Waals surface area (Å²) in [5, 5.41) is 9.18. The highest BCUT2D eigenvalue weighted by Crippen LogP contribution is 2.31. The van der Waals surface area contributed by atoms with Crippen LogP contribution in [0.2, 0.25) is 0 Å². The predicted molar refractivity (Wildman–Crippen MR) is 86.9 cm³/mol. The molecule has 2 aromatic rings. The Morgan fingerprint density at radius 3 is 2.52 bits per heavy atom. The Balaban J connectivity index is 2.39. The Labute approximate surface area is 133 Å². The third-order valence-corrected chi connectivity index (χ3v) is 4.06. The standard InChI is InChI=1S/C17H17BrN2O/c1-2-15(20)17(13-8-4-5-9-14(13)18)21-16-10-6-3-7-12(16)11-19/h3-10,15,17H,2,20H2,1H3. The molecule has 21 heavy (non-hydrogen) atoms. The van der Waals surface area contributed by atoms with E-state index in [0.717, 1.165) is 16.5 Å². The van der Waals surface area contributed by atoms with Gasteiger partial charge in [-0.05, 0) is 24.6 Å². The molecule has 3 nitrogen and oxygen atoms in total. The van der Waals surface area contributed by atoms with Gasteiger partial charge in [-0.1, -0.05) is 53.2 Å². The maximum absolute atomic E-state index is 9.18. The van der Waals surface area contributed by atoms with Crippen molar-refractivity contribution in [2.45, 2.75) is 25.5 Å². The third-order valence-electron chi connectivity index (χ3n) is 3.33. The first kappa shape index (κ1) is 15.6. The number of benzene rings is 2. The van der Waals surface area contributed by atoms with Crippen molar-refractivity contribution in [1.82, 2.24) is 0 Å². The van der Waals surface area contributed by atoms with E-state index in [1.54, 1.807) is 12.1 Å². The fourth-order valence-electron chi connectivity index (χ4n) is 2.10. The van der Waals surface area contributed by atoms with Gasteiger partial charge in [-0.2, -0.15) is 5.26 Å². The molecule has 0 aliphatic heterocycles. The molecular weight excluding hydrogens is 328 g/mol. The highest BCUT2D eigenvalue weighted by Gasteiger charge is 2.23. The highest BCUT2D eigenvalue weighted by atomic mass is 79.9. The lowest BCUT2D eigenvalue weighted by Gasteiger charge is -2.26. The number of ether oxygens (including phenoxy) is 1. The van der Waals surface area contributed by atoms with Crippen LogP contribution in [-0.2, 0) is 0 Å². The van der Waals surface area contributed by atoms with E-state index in [2.05, 4.69) is 22.0 Å². The minimum Gasteiger partial charge on any atom is -0.483 e. The summed E-state index contributed by atoms with van der Waals surface area (Å²) in [5.74, 6) is 0.560. The molecule has 0 bridgehead atoms. The molecule has 2 aromatic carbocycles. The van der Waals surface area contributed by atoms with Crippen molar-refractivity contribution in [2.75, 3.05) is 0 Å². The van der Waals surface area contributed by atoms with E-state index >= 15 is 0 Å². The van der Waals surface area contributed by atoms with E-state index in [4.69, 9.17) is 10.5 Å². The van der Waals surface area contributed by atoms with Crippen molar-refractivity contribution >= 4 is 15.9 Å². The zero-order chi connectivity index (χ0) is 15.2. The summed E-state index contributed by atoms with van der Waals surface area (Å²) in [6.45, 7) is 2.02. The normalized spacial score (nSPS) is 13.2. The van der Waals surface area contributed by atoms with Crippen LogP contribution in [0.3, 0.4) is 0 Å². The number of hydrogen-bond donors (Lipinski definition) is 1. The lowest BCUT2D eigenvalue weighted by atomic mass is 10.0. The van der Waals surface area contributed by atoms with Gasteiger partial charge in [0, 0.05) is 16.1 Å². The quantitative estimate of drug-likeness (QED) is 0.884. The molecule has 2 atom stereocenters. The topological polar surface area (TPSA) is 59.0 Å². The lowest BCUT2D eigenvalue weighted by molar-refractivity contribution is 0.170. The molecule has 0 aliphatic carbocycles. The summed E-state index contributed by atoms with van der Waals surface area (Å²) in [5.41, 5.74) is 7.73. The van der Waals surface area contributed by atoms with Crippen molar-refractivity contribution in [1.29, 1.82) is 5.26 Å². The lowest BCUT2D eigenvalue weighted by Crippen LogP contribution is -2.31. The van der Waals surface area contributed by atoms with E-state index in [1.807, 2.05) is 43.3 Å². The van der Waals surface area contributed by atoms with Crippen LogP contribution in [-0.4, -0.2) is 6.04 Å². The molecule has 0 saturated heterocycles. The molecular formula is C17H17BrN2O. The molecule has 0 fully saturated rings. The molecule has 2 N–H and O–H groups in total. The van der Waals surface area contributed by atoms with Crippen molar-refractivity contribution in [3.63, 3.8) is 0 Å². The summed E-state index contributed by atoms with van der Waals surface area (Å²) in [7, 11) is 0. The van der Waals surface area contributed by atoms with Crippen LogP contribution >= 0.6 is 15.9 Å². The largest absolute Gasteiger partial charge is 0.483 e. The molecule has 2 rings (SSSR count). The van der Waals surface area contributed by atoms with Crippen LogP contribution in [0.15, 0.2) is 53.0 Å². The van der Waals surface area contributed by atoms with Crippen LogP contribution < -0.4 is 10.5 Å². The van der Waals surface area contributed by atoms with Gasteiger partial charge in [-0.15, -0.1) is 0 Å². The number of halogens is 1. The fourth-order valence-corrected chi connectivity index (χ4v) is 2.61. The number of nitrogens with zero attached hydrogens (tertiary/aromatic N) is 1. The highest BCUT2D eigenvalue weighted by molar-refractivity contribution is 9.10. The van der Waals surface area contributed by atoms with E-state index in [9.17, 15) is 5.26 Å². The van der Waals surface area contributed by atoms with Gasteiger partial charge in [0.1, 0.15) is 17.9 Å². The van der Waals surface area contributed by atoms with E-state index in [0.29, 0.717) is 11.3 Å². The monoisotopic (exact) mass is 344 g/mol. The molecule has 2 unspecified atom stereocenters. The van der Waals surface area contributed by atoms with Crippen molar-refractivity contribution < 1.29 is 4.74 Å². The molecule has 4 heteroatoms. The molecule has 108 valence electrons. The zero-order valence-electron chi connectivity index (χ0n) is 11.8. The van der Waals surface area contributed by atoms with Crippen LogP contribution in [0, 0.1) is 11.3 Å². The second-order valence-electron chi connectivity index (χ2n) is 4.74. The summed E-state index contributed by atoms with van der Waals surface area (Å²) >= 11 is 3.54. The van der Waals surface area contributed by atoms with E-state index in [-0.39, 0.29) is 12.1 Å². The Morgan fingerprint density at radius 1 is 1.19 bits per heavy atom. The minimum atomic E-state index is -0.305. The van der Waals surface area contributed by atoms with Crippen LogP contribution in [0.4, 0.5) is 0 Å². The number of hydrogen-bond acceptors (Lipinski definition) is 3. The van der Waals surface area contributed by atoms with Gasteiger partial charge in [0.15, 0.2) is 0 Å². The smallest absolute Gasteiger partial charge is 0.140 e. The SMILES string of the molecule is CCC(N)C(Oc1ccccc1C#N)c1ccccc1Br. The maximum atomic E-state index is 9.18. The van der Waals surface area contributed by atoms with Gasteiger partial charge >= 0.3 is 0 Å². The molecule has 0 amide bonds. The molecule has 0 saturated carbocycles. The van der Waals surface area contributed by atoms with Crippen LogP contribution in [0.25, 0.3) is 0 Å². The number of nitriles is 1. The van der Waals surface area contributed by atoms with Crippen molar-refractivity contribution in [3.05, 3.63) is 64.1 Å². The average molecular weight is 345 g/mol. The first-order valence-electron chi connectivity index (χ1n) is 6.83. The Bertz CT molecular complexity index is 651. The minimum absolute atomic E-state index is 0.157. The van der Waals surface area contributed by atoms with E-state index in [1.165, 1.54) is 0 Å². The van der Waals surface area contributed by atoms with Gasteiger partial charge in [-0.3, -0.25) is 0 Å². The summed E-state index contributed by atoms with van der Waals surface area (Å²) in [6.07, 6.45) is 0.473. The molecule has 0 aliphatic rings. The van der Waals surface area contributed by atoms with Crippen molar-refractivity contribution in [2.24, 2.45) is 5.73 Å². The Hall–Kier alpha value is -1.83. The van der Waals surface area contributed by atoms with Gasteiger partial charge in [0.25, 0.3) is 0 Å². The average Bonchev–Trinajstić information content (AvgIpc) is 2.53. The van der Waals surface area contributed by atoms with Gasteiger partial charge in [-0.25, -0.2) is 0 Å². The zero-order valence-corrected chi connectivity index (χ0v) is 13.4. The van der Waals surface area contributed by atoms with Crippen LogP contribution in [0.1, 0.15) is 30.6 Å². The molecule has 0 heterocycles. The first-order valence-corrected chi connectivity index (χ1v) is 7.62. The summed E-state index contributed by atoms with van der Waals surface area (Å²) in [4.78, 5) is 0. The van der Waals surface area contributed by atoms with E-state index < -0.39 is 0 Å². The third kappa shape index (κ3) is 3.63. The van der Waals surface area contributed by atoms with Gasteiger partial charge in [0.05, 0.1) is 5.56 Å². The summed E-state index contributed by atoms with van der Waals surface area (Å²) < 4.78 is 7.03. The maximum Gasteiger partial charge on any atom is 0.140 e. The van der Waals surface area contributed by atoms with Gasteiger partial charge < -0.3 is 10.5 Å². The molecule has 0 radical (unpaired) electrons. The second-order valence-corrected chi connectivity index (χ2v) is 5.59. The fraction of sp³-hybridized carbons (Fsp3) is 0.235. The Kier molecular flexibility index (Phi) is 5.38. The van der Waals surface area contributed by atoms with Crippen LogP contribution in [0.5, 0.6) is 5.75 Å². The Morgan fingerprint density at radius 2 is 1.86 bits per heavy atom.